The molecule has 86 valence electrons. The van der Waals surface area contributed by atoms with Crippen LogP contribution in [-0.2, 0) is 4.79 Å². The zero-order valence-electron chi connectivity index (χ0n) is 8.51. The van der Waals surface area contributed by atoms with Gasteiger partial charge in [-0.05, 0) is 19.3 Å². The quantitative estimate of drug-likeness (QED) is 0.727. The van der Waals surface area contributed by atoms with Crippen molar-refractivity contribution in [2.24, 2.45) is 11.7 Å². The number of rotatable bonds is 2. The highest BCUT2D eigenvalue weighted by Crippen LogP contribution is 2.36. The molecule has 2 rings (SSSR count). The molecule has 2 atom stereocenters. The SMILES string of the molecule is NC1CC1NC(=O)C1CCC(F)(F)CC1. The van der Waals surface area contributed by atoms with Gasteiger partial charge in [0, 0.05) is 30.8 Å². The van der Waals surface area contributed by atoms with E-state index in [9.17, 15) is 13.6 Å². The number of alkyl halides is 2. The second-order valence-corrected chi connectivity index (χ2v) is 4.64. The molecule has 5 heteroatoms. The first-order valence-corrected chi connectivity index (χ1v) is 5.42. The lowest BCUT2D eigenvalue weighted by Gasteiger charge is -2.27. The summed E-state index contributed by atoms with van der Waals surface area (Å²) >= 11 is 0. The molecule has 0 saturated heterocycles. The van der Waals surface area contributed by atoms with E-state index in [-0.39, 0.29) is 36.8 Å². The first-order chi connectivity index (χ1) is 6.98. The zero-order chi connectivity index (χ0) is 11.1. The van der Waals surface area contributed by atoms with Gasteiger partial charge in [-0.1, -0.05) is 0 Å². The van der Waals surface area contributed by atoms with Gasteiger partial charge in [0.2, 0.25) is 11.8 Å². The number of nitrogens with two attached hydrogens (primary N) is 1. The zero-order valence-corrected chi connectivity index (χ0v) is 8.51. The third kappa shape index (κ3) is 2.65. The van der Waals surface area contributed by atoms with Gasteiger partial charge in [0.25, 0.3) is 0 Å². The molecule has 0 aliphatic heterocycles. The number of hydrogen-bond donors (Lipinski definition) is 2. The first-order valence-electron chi connectivity index (χ1n) is 5.42. The molecule has 2 aliphatic rings. The van der Waals surface area contributed by atoms with Gasteiger partial charge in [-0.2, -0.15) is 0 Å². The molecule has 2 unspecified atom stereocenters. The number of carbonyl (C=O) groups is 1. The van der Waals surface area contributed by atoms with Crippen LogP contribution in [-0.4, -0.2) is 23.9 Å². The van der Waals surface area contributed by atoms with Crippen LogP contribution in [0.5, 0.6) is 0 Å². The average Bonchev–Trinajstić information content (AvgIpc) is 2.81. The third-order valence-electron chi connectivity index (χ3n) is 3.26. The van der Waals surface area contributed by atoms with Crippen LogP contribution in [0.4, 0.5) is 8.78 Å². The molecule has 0 radical (unpaired) electrons. The topological polar surface area (TPSA) is 55.1 Å². The maximum absolute atomic E-state index is 12.8. The predicted molar refractivity (Wildman–Crippen MR) is 51.4 cm³/mol. The van der Waals surface area contributed by atoms with Crippen LogP contribution in [0.1, 0.15) is 32.1 Å². The van der Waals surface area contributed by atoms with Gasteiger partial charge in [0.15, 0.2) is 0 Å². The summed E-state index contributed by atoms with van der Waals surface area (Å²) in [5.41, 5.74) is 5.55. The molecule has 1 amide bonds. The Balaban J connectivity index is 1.77. The number of carbonyl (C=O) groups excluding carboxylic acids is 1. The van der Waals surface area contributed by atoms with E-state index in [1.807, 2.05) is 0 Å². The van der Waals surface area contributed by atoms with Gasteiger partial charge in [-0.3, -0.25) is 4.79 Å². The van der Waals surface area contributed by atoms with Gasteiger partial charge < -0.3 is 11.1 Å². The lowest BCUT2D eigenvalue weighted by Crippen LogP contribution is -2.38. The lowest BCUT2D eigenvalue weighted by molar-refractivity contribution is -0.129. The van der Waals surface area contributed by atoms with Crippen molar-refractivity contribution < 1.29 is 13.6 Å². The van der Waals surface area contributed by atoms with E-state index in [4.69, 9.17) is 5.73 Å². The Morgan fingerprint density at radius 2 is 1.87 bits per heavy atom. The third-order valence-corrected chi connectivity index (χ3v) is 3.26. The fourth-order valence-electron chi connectivity index (χ4n) is 1.98. The highest BCUT2D eigenvalue weighted by Gasteiger charge is 2.40. The largest absolute Gasteiger partial charge is 0.352 e. The Kier molecular flexibility index (Phi) is 2.66. The molecule has 0 spiro atoms. The highest BCUT2D eigenvalue weighted by atomic mass is 19.3. The average molecular weight is 218 g/mol. The Labute approximate surface area is 87.4 Å². The summed E-state index contributed by atoms with van der Waals surface area (Å²) in [5.74, 6) is -2.90. The summed E-state index contributed by atoms with van der Waals surface area (Å²) in [6.07, 6.45) is 1.07. The van der Waals surface area contributed by atoms with Crippen molar-refractivity contribution in [3.63, 3.8) is 0 Å². The summed E-state index contributed by atoms with van der Waals surface area (Å²) in [5, 5.41) is 2.79. The van der Waals surface area contributed by atoms with Crippen molar-refractivity contribution in [1.82, 2.24) is 5.32 Å². The molecule has 0 aromatic rings. The summed E-state index contributed by atoms with van der Waals surface area (Å²) in [4.78, 5) is 11.6. The molecule has 0 heterocycles. The van der Waals surface area contributed by atoms with Crippen LogP contribution >= 0.6 is 0 Å². The van der Waals surface area contributed by atoms with Crippen LogP contribution in [0.2, 0.25) is 0 Å². The number of hydrogen-bond acceptors (Lipinski definition) is 2. The fourth-order valence-corrected chi connectivity index (χ4v) is 1.98. The second kappa shape index (κ2) is 3.70. The molecular formula is C10H16F2N2O. The molecule has 3 N–H and O–H groups in total. The first kappa shape index (κ1) is 10.8. The van der Waals surface area contributed by atoms with E-state index >= 15 is 0 Å². The van der Waals surface area contributed by atoms with Crippen LogP contribution in [0.15, 0.2) is 0 Å². The normalized spacial score (nSPS) is 34.9. The highest BCUT2D eigenvalue weighted by molar-refractivity contribution is 5.79. The summed E-state index contributed by atoms with van der Waals surface area (Å²) in [6, 6.07) is 0.152. The van der Waals surface area contributed by atoms with Crippen molar-refractivity contribution in [3.05, 3.63) is 0 Å². The minimum absolute atomic E-state index is 0.0685. The maximum Gasteiger partial charge on any atom is 0.248 e. The molecule has 0 aromatic heterocycles. The smallest absolute Gasteiger partial charge is 0.248 e. The van der Waals surface area contributed by atoms with Crippen molar-refractivity contribution >= 4 is 5.91 Å². The fraction of sp³-hybridized carbons (Fsp3) is 0.900. The number of halogens is 2. The number of amides is 1. The van der Waals surface area contributed by atoms with Crippen molar-refractivity contribution in [3.8, 4) is 0 Å². The Hall–Kier alpha value is -0.710. The van der Waals surface area contributed by atoms with E-state index < -0.39 is 5.92 Å². The van der Waals surface area contributed by atoms with Crippen LogP contribution < -0.4 is 11.1 Å². The Bertz CT molecular complexity index is 260. The molecule has 0 aromatic carbocycles. The molecule has 2 fully saturated rings. The Morgan fingerprint density at radius 1 is 1.33 bits per heavy atom. The van der Waals surface area contributed by atoms with Gasteiger partial charge in [-0.15, -0.1) is 0 Å². The van der Waals surface area contributed by atoms with E-state index in [2.05, 4.69) is 5.32 Å². The minimum Gasteiger partial charge on any atom is -0.352 e. The van der Waals surface area contributed by atoms with Crippen LogP contribution in [0.3, 0.4) is 0 Å². The van der Waals surface area contributed by atoms with Crippen LogP contribution in [0.25, 0.3) is 0 Å². The van der Waals surface area contributed by atoms with Crippen molar-refractivity contribution in [2.75, 3.05) is 0 Å². The van der Waals surface area contributed by atoms with Gasteiger partial charge in [0.05, 0.1) is 0 Å². The van der Waals surface area contributed by atoms with E-state index in [1.165, 1.54) is 0 Å². The molecular weight excluding hydrogens is 202 g/mol. The van der Waals surface area contributed by atoms with Gasteiger partial charge in [-0.25, -0.2) is 8.78 Å². The molecule has 3 nitrogen and oxygen atoms in total. The molecule has 15 heavy (non-hydrogen) atoms. The van der Waals surface area contributed by atoms with E-state index in [0.29, 0.717) is 12.8 Å². The van der Waals surface area contributed by atoms with Gasteiger partial charge in [0.1, 0.15) is 0 Å². The van der Waals surface area contributed by atoms with Crippen molar-refractivity contribution in [2.45, 2.75) is 50.1 Å². The number of nitrogens with one attached hydrogen (secondary N) is 1. The van der Waals surface area contributed by atoms with E-state index in [1.54, 1.807) is 0 Å². The summed E-state index contributed by atoms with van der Waals surface area (Å²) in [6.45, 7) is 0. The standard InChI is InChI=1S/C10H16F2N2O/c11-10(12)3-1-6(2-4-10)9(15)14-8-5-7(8)13/h6-8H,1-5,13H2,(H,14,15). The second-order valence-electron chi connectivity index (χ2n) is 4.64. The lowest BCUT2D eigenvalue weighted by atomic mass is 9.86. The summed E-state index contributed by atoms with van der Waals surface area (Å²) in [7, 11) is 0. The molecule has 2 saturated carbocycles. The monoisotopic (exact) mass is 218 g/mol. The maximum atomic E-state index is 12.8. The summed E-state index contributed by atoms with van der Waals surface area (Å²) < 4.78 is 25.7. The predicted octanol–water partition coefficient (Wildman–Crippen LogP) is 1.03. The van der Waals surface area contributed by atoms with Crippen molar-refractivity contribution in [1.29, 1.82) is 0 Å². The van der Waals surface area contributed by atoms with Crippen LogP contribution in [0, 0.1) is 5.92 Å². The molecule has 0 bridgehead atoms. The minimum atomic E-state index is -2.56. The van der Waals surface area contributed by atoms with Gasteiger partial charge >= 0.3 is 0 Å². The molecule has 2 aliphatic carbocycles. The Morgan fingerprint density at radius 3 is 2.33 bits per heavy atom. The van der Waals surface area contributed by atoms with E-state index in [0.717, 1.165) is 6.42 Å².